The molecule has 9 nitrogen and oxygen atoms in total. The van der Waals surface area contributed by atoms with E-state index in [0.717, 1.165) is 32.7 Å². The summed E-state index contributed by atoms with van der Waals surface area (Å²) in [5.74, 6) is 0.107. The van der Waals surface area contributed by atoms with E-state index < -0.39 is 17.7 Å². The second kappa shape index (κ2) is 11.2. The van der Waals surface area contributed by atoms with Crippen LogP contribution in [0.2, 0.25) is 0 Å². The van der Waals surface area contributed by atoms with Crippen molar-refractivity contribution in [3.05, 3.63) is 70.7 Å². The highest BCUT2D eigenvalue weighted by Gasteiger charge is 2.26. The number of H-pyrrole nitrogens is 1. The van der Waals surface area contributed by atoms with Gasteiger partial charge in [0, 0.05) is 33.7 Å². The van der Waals surface area contributed by atoms with Gasteiger partial charge in [-0.05, 0) is 56.7 Å². The van der Waals surface area contributed by atoms with Crippen LogP contribution in [0.1, 0.15) is 38.3 Å². The Labute approximate surface area is 220 Å². The van der Waals surface area contributed by atoms with Crippen LogP contribution in [0.4, 0.5) is 10.5 Å². The van der Waals surface area contributed by atoms with Crippen molar-refractivity contribution in [2.75, 3.05) is 11.1 Å². The summed E-state index contributed by atoms with van der Waals surface area (Å²) in [6.45, 7) is 5.38. The molecule has 1 unspecified atom stereocenters. The van der Waals surface area contributed by atoms with Crippen LogP contribution < -0.4 is 10.6 Å². The first-order valence-electron chi connectivity index (χ1n) is 11.2. The number of halogens is 1. The Morgan fingerprint density at radius 2 is 1.89 bits per heavy atom. The molecule has 2 heterocycles. The molecule has 2 amide bonds. The average Bonchev–Trinajstić information content (AvgIpc) is 3.45. The summed E-state index contributed by atoms with van der Waals surface area (Å²) < 4.78 is 12.2. The van der Waals surface area contributed by atoms with Gasteiger partial charge >= 0.3 is 6.09 Å². The molecule has 0 aliphatic carbocycles. The van der Waals surface area contributed by atoms with Gasteiger partial charge in [-0.2, -0.15) is 0 Å². The number of fused-ring (bicyclic) bond motifs is 1. The number of thioether (sulfide) groups is 1. The quantitative estimate of drug-likeness (QED) is 0.226. The number of anilines is 1. The van der Waals surface area contributed by atoms with E-state index in [9.17, 15) is 9.59 Å². The van der Waals surface area contributed by atoms with Gasteiger partial charge in [-0.15, -0.1) is 10.2 Å². The molecule has 0 aliphatic rings. The number of aromatic nitrogens is 3. The van der Waals surface area contributed by atoms with Crippen LogP contribution in [0.3, 0.4) is 0 Å². The molecule has 2 aromatic carbocycles. The Hall–Kier alpha value is -3.31. The van der Waals surface area contributed by atoms with Crippen molar-refractivity contribution in [1.82, 2.24) is 20.5 Å². The zero-order chi connectivity index (χ0) is 25.7. The lowest BCUT2D eigenvalue weighted by atomic mass is 10.1. The molecular formula is C25H26BrN5O4S. The average molecular weight is 572 g/mol. The largest absolute Gasteiger partial charge is 0.444 e. The van der Waals surface area contributed by atoms with Crippen LogP contribution in [0.15, 0.2) is 68.8 Å². The molecule has 0 saturated carbocycles. The minimum Gasteiger partial charge on any atom is -0.444 e. The molecule has 36 heavy (non-hydrogen) atoms. The third-order valence-corrected chi connectivity index (χ3v) is 6.31. The summed E-state index contributed by atoms with van der Waals surface area (Å²) in [4.78, 5) is 28.1. The molecule has 0 aliphatic heterocycles. The third kappa shape index (κ3) is 7.11. The standard InChI is InChI=1S/C25H26BrN5O4S/c1-25(2,3)35-23(33)29-20(12-15-13-27-19-7-5-4-6-18(15)19)22-30-31-24(34-22)36-14-21(32)28-17-10-8-16(26)9-11-17/h4-11,13,20,27H,12,14H2,1-3H3,(H,28,32)(H,29,33). The minimum absolute atomic E-state index is 0.0876. The lowest BCUT2D eigenvalue weighted by Gasteiger charge is -2.22. The van der Waals surface area contributed by atoms with Gasteiger partial charge in [-0.1, -0.05) is 45.9 Å². The maximum atomic E-state index is 12.6. The zero-order valence-electron chi connectivity index (χ0n) is 20.0. The normalized spacial score (nSPS) is 12.3. The molecule has 0 spiro atoms. The smallest absolute Gasteiger partial charge is 0.408 e. The number of hydrogen-bond acceptors (Lipinski definition) is 7. The van der Waals surface area contributed by atoms with E-state index in [4.69, 9.17) is 9.15 Å². The molecule has 0 fully saturated rings. The van der Waals surface area contributed by atoms with E-state index >= 15 is 0 Å². The number of hydrogen-bond donors (Lipinski definition) is 3. The maximum Gasteiger partial charge on any atom is 0.408 e. The number of amides is 2. The SMILES string of the molecule is CC(C)(C)OC(=O)NC(Cc1c[nH]c2ccccc12)c1nnc(SCC(=O)Nc2ccc(Br)cc2)o1. The van der Waals surface area contributed by atoms with Crippen molar-refractivity contribution in [2.24, 2.45) is 0 Å². The molecule has 3 N–H and O–H groups in total. The van der Waals surface area contributed by atoms with Crippen LogP contribution in [0, 0.1) is 0 Å². The van der Waals surface area contributed by atoms with Gasteiger partial charge in [0.2, 0.25) is 11.8 Å². The Morgan fingerprint density at radius 3 is 2.64 bits per heavy atom. The maximum absolute atomic E-state index is 12.6. The summed E-state index contributed by atoms with van der Waals surface area (Å²) in [7, 11) is 0. The zero-order valence-corrected chi connectivity index (χ0v) is 22.4. The number of nitrogens with one attached hydrogen (secondary N) is 3. The Morgan fingerprint density at radius 1 is 1.14 bits per heavy atom. The van der Waals surface area contributed by atoms with E-state index in [-0.39, 0.29) is 22.8 Å². The second-order valence-electron chi connectivity index (χ2n) is 9.01. The van der Waals surface area contributed by atoms with Gasteiger partial charge in [-0.3, -0.25) is 4.79 Å². The first-order valence-corrected chi connectivity index (χ1v) is 13.0. The summed E-state index contributed by atoms with van der Waals surface area (Å²) in [5, 5.41) is 15.1. The first-order chi connectivity index (χ1) is 17.2. The Kier molecular flexibility index (Phi) is 8.00. The van der Waals surface area contributed by atoms with Crippen molar-refractivity contribution in [3.8, 4) is 0 Å². The summed E-state index contributed by atoms with van der Waals surface area (Å²) in [5.41, 5.74) is 2.00. The number of carbonyl (C=O) groups is 2. The predicted octanol–water partition coefficient (Wildman–Crippen LogP) is 5.85. The lowest BCUT2D eigenvalue weighted by Crippen LogP contribution is -2.36. The van der Waals surface area contributed by atoms with Crippen LogP contribution in [-0.2, 0) is 16.0 Å². The predicted molar refractivity (Wildman–Crippen MR) is 142 cm³/mol. The number of alkyl carbamates (subject to hydrolysis) is 1. The van der Waals surface area contributed by atoms with Crippen molar-refractivity contribution in [3.63, 3.8) is 0 Å². The van der Waals surface area contributed by atoms with Crippen LogP contribution in [-0.4, -0.2) is 38.5 Å². The minimum atomic E-state index is -0.659. The third-order valence-electron chi connectivity index (χ3n) is 4.96. The van der Waals surface area contributed by atoms with E-state index in [1.54, 1.807) is 32.9 Å². The fourth-order valence-electron chi connectivity index (χ4n) is 3.45. The van der Waals surface area contributed by atoms with Crippen LogP contribution >= 0.6 is 27.7 Å². The molecule has 0 saturated heterocycles. The number of para-hydroxylation sites is 1. The molecule has 0 bridgehead atoms. The van der Waals surface area contributed by atoms with Gasteiger partial charge in [0.1, 0.15) is 11.6 Å². The Bertz CT molecular complexity index is 1350. The number of benzene rings is 2. The van der Waals surface area contributed by atoms with Crippen LogP contribution in [0.25, 0.3) is 10.9 Å². The van der Waals surface area contributed by atoms with Gasteiger partial charge in [0.25, 0.3) is 5.22 Å². The number of carbonyl (C=O) groups excluding carboxylic acids is 2. The summed E-state index contributed by atoms with van der Waals surface area (Å²) >= 11 is 4.48. The van der Waals surface area contributed by atoms with Gasteiger partial charge < -0.3 is 24.8 Å². The van der Waals surface area contributed by atoms with Gasteiger partial charge in [0.05, 0.1) is 5.75 Å². The Balaban J connectivity index is 1.45. The molecule has 4 rings (SSSR count). The molecule has 11 heteroatoms. The fraction of sp³-hybridized carbons (Fsp3) is 0.280. The number of ether oxygens (including phenoxy) is 1. The van der Waals surface area contributed by atoms with Crippen molar-refractivity contribution < 1.29 is 18.7 Å². The highest BCUT2D eigenvalue weighted by atomic mass is 79.9. The first kappa shape index (κ1) is 25.8. The summed E-state index contributed by atoms with van der Waals surface area (Å²) in [6.07, 6.45) is 1.71. The van der Waals surface area contributed by atoms with Gasteiger partial charge in [-0.25, -0.2) is 4.79 Å². The molecule has 4 aromatic rings. The molecule has 0 radical (unpaired) electrons. The number of aromatic amines is 1. The van der Waals surface area contributed by atoms with Crippen molar-refractivity contribution in [2.45, 2.75) is 44.1 Å². The topological polar surface area (TPSA) is 122 Å². The van der Waals surface area contributed by atoms with Gasteiger partial charge in [0.15, 0.2) is 0 Å². The van der Waals surface area contributed by atoms with E-state index in [1.807, 2.05) is 42.6 Å². The second-order valence-corrected chi connectivity index (χ2v) is 10.9. The fourth-order valence-corrected chi connectivity index (χ4v) is 4.28. The molecule has 2 aromatic heterocycles. The monoisotopic (exact) mass is 571 g/mol. The van der Waals surface area contributed by atoms with E-state index in [0.29, 0.717) is 12.1 Å². The molecule has 188 valence electrons. The van der Waals surface area contributed by atoms with Crippen molar-refractivity contribution in [1.29, 1.82) is 0 Å². The number of nitrogens with zero attached hydrogens (tertiary/aromatic N) is 2. The highest BCUT2D eigenvalue weighted by Crippen LogP contribution is 2.26. The van der Waals surface area contributed by atoms with Crippen molar-refractivity contribution >= 4 is 56.3 Å². The van der Waals surface area contributed by atoms with E-state index in [1.165, 1.54) is 0 Å². The van der Waals surface area contributed by atoms with Crippen LogP contribution in [0.5, 0.6) is 0 Å². The van der Waals surface area contributed by atoms with E-state index in [2.05, 4.69) is 41.7 Å². The highest BCUT2D eigenvalue weighted by molar-refractivity contribution is 9.10. The molecule has 1 atom stereocenters. The lowest BCUT2D eigenvalue weighted by molar-refractivity contribution is -0.113. The number of rotatable bonds is 8. The molecular weight excluding hydrogens is 546 g/mol. The summed E-state index contributed by atoms with van der Waals surface area (Å²) in [6, 6.07) is 14.6.